The zero-order valence-corrected chi connectivity index (χ0v) is 16.5. The first-order chi connectivity index (χ1) is 12.7. The molecule has 0 aliphatic heterocycles. The van der Waals surface area contributed by atoms with Crippen LogP contribution in [0.2, 0.25) is 5.02 Å². The van der Waals surface area contributed by atoms with Crippen LogP contribution in [-0.2, 0) is 0 Å². The molecule has 0 saturated heterocycles. The van der Waals surface area contributed by atoms with Crippen molar-refractivity contribution in [2.24, 2.45) is 0 Å². The summed E-state index contributed by atoms with van der Waals surface area (Å²) in [5.41, 5.74) is 1.43. The van der Waals surface area contributed by atoms with Gasteiger partial charge in [-0.15, -0.1) is 0 Å². The van der Waals surface area contributed by atoms with Crippen LogP contribution in [-0.4, -0.2) is 35.9 Å². The largest absolute Gasteiger partial charge is 0.504 e. The van der Waals surface area contributed by atoms with Gasteiger partial charge in [0, 0.05) is 12.6 Å². The topological polar surface area (TPSA) is 88.0 Å². The van der Waals surface area contributed by atoms with E-state index in [4.69, 9.17) is 21.1 Å². The number of aliphatic hydroxyl groups is 1. The summed E-state index contributed by atoms with van der Waals surface area (Å²) in [5, 5.41) is 23.6. The first-order valence-electron chi connectivity index (χ1n) is 8.54. The Balaban J connectivity index is 2.17. The van der Waals surface area contributed by atoms with Crippen molar-refractivity contribution in [3.8, 4) is 17.2 Å². The molecule has 0 aromatic heterocycles. The highest BCUT2D eigenvalue weighted by molar-refractivity contribution is 6.35. The van der Waals surface area contributed by atoms with Crippen LogP contribution in [0.5, 0.6) is 17.2 Å². The minimum atomic E-state index is -0.793. The Kier molecular flexibility index (Phi) is 7.07. The van der Waals surface area contributed by atoms with E-state index in [9.17, 15) is 15.0 Å². The molecule has 0 bridgehead atoms. The van der Waals surface area contributed by atoms with E-state index in [1.54, 1.807) is 12.1 Å². The normalized spacial score (nSPS) is 12.1. The first kappa shape index (κ1) is 21.0. The summed E-state index contributed by atoms with van der Waals surface area (Å²) in [6.07, 6.45) is -0.793. The van der Waals surface area contributed by atoms with Crippen molar-refractivity contribution in [2.45, 2.75) is 32.9 Å². The predicted octanol–water partition coefficient (Wildman–Crippen LogP) is 3.61. The lowest BCUT2D eigenvalue weighted by molar-refractivity contribution is 0.0729. The van der Waals surface area contributed by atoms with Gasteiger partial charge in [0.1, 0.15) is 5.75 Å². The van der Waals surface area contributed by atoms with E-state index in [2.05, 4.69) is 5.32 Å². The number of nitrogens with one attached hydrogen (secondary N) is 1. The number of hydrogen-bond acceptors (Lipinski definition) is 6. The fraction of sp³-hybridized carbons (Fsp3) is 0.350. The van der Waals surface area contributed by atoms with E-state index in [0.29, 0.717) is 17.9 Å². The van der Waals surface area contributed by atoms with Crippen molar-refractivity contribution in [1.29, 1.82) is 0 Å². The molecule has 7 heteroatoms. The number of aryl methyl sites for hydroxylation is 1. The summed E-state index contributed by atoms with van der Waals surface area (Å²) >= 11 is 6.21. The summed E-state index contributed by atoms with van der Waals surface area (Å²) in [6.45, 7) is 6.09. The number of halogens is 1. The molecule has 2 rings (SSSR count). The Morgan fingerprint density at radius 1 is 1.26 bits per heavy atom. The number of aliphatic hydroxyl groups excluding tert-OH is 1. The van der Waals surface area contributed by atoms with Crippen LogP contribution in [0, 0.1) is 6.92 Å². The van der Waals surface area contributed by atoms with Gasteiger partial charge in [-0.2, -0.15) is 0 Å². The highest BCUT2D eigenvalue weighted by atomic mass is 35.5. The molecule has 0 aliphatic carbocycles. The van der Waals surface area contributed by atoms with Gasteiger partial charge in [0.05, 0.1) is 23.8 Å². The van der Waals surface area contributed by atoms with E-state index in [1.807, 2.05) is 20.8 Å². The van der Waals surface area contributed by atoms with Crippen molar-refractivity contribution in [2.75, 3.05) is 13.7 Å². The minimum absolute atomic E-state index is 0.0247. The van der Waals surface area contributed by atoms with Crippen LogP contribution in [0.3, 0.4) is 0 Å². The molecule has 1 atom stereocenters. The molecule has 2 aromatic rings. The maximum atomic E-state index is 12.4. The molecule has 0 heterocycles. The third kappa shape index (κ3) is 5.13. The lowest BCUT2D eigenvalue weighted by Gasteiger charge is -2.16. The zero-order chi connectivity index (χ0) is 20.1. The zero-order valence-electron chi connectivity index (χ0n) is 15.7. The van der Waals surface area contributed by atoms with E-state index in [0.717, 1.165) is 5.56 Å². The van der Waals surface area contributed by atoms with Gasteiger partial charge in [0.15, 0.2) is 11.5 Å². The SMILES string of the molecule is COc1c(C)ccc(C(=O)Oc2ccc(C(O)CNC(C)C)cc2O)c1Cl. The summed E-state index contributed by atoms with van der Waals surface area (Å²) in [5.74, 6) is -0.599. The second-order valence-corrected chi connectivity index (χ2v) is 6.85. The Labute approximate surface area is 163 Å². The van der Waals surface area contributed by atoms with Crippen LogP contribution >= 0.6 is 11.6 Å². The highest BCUT2D eigenvalue weighted by Gasteiger charge is 2.20. The third-order valence-electron chi connectivity index (χ3n) is 4.01. The monoisotopic (exact) mass is 393 g/mol. The van der Waals surface area contributed by atoms with Gasteiger partial charge in [-0.3, -0.25) is 0 Å². The smallest absolute Gasteiger partial charge is 0.345 e. The molecule has 1 unspecified atom stereocenters. The Hall–Kier alpha value is -2.28. The number of aromatic hydroxyl groups is 1. The number of carbonyl (C=O) groups is 1. The van der Waals surface area contributed by atoms with Gasteiger partial charge in [0.2, 0.25) is 0 Å². The van der Waals surface area contributed by atoms with E-state index in [-0.39, 0.29) is 28.1 Å². The van der Waals surface area contributed by atoms with Crippen molar-refractivity contribution in [3.05, 3.63) is 52.0 Å². The first-order valence-corrected chi connectivity index (χ1v) is 8.92. The standard InChI is InChI=1S/C20H24ClNO5/c1-11(2)22-10-16(24)13-6-8-17(15(23)9-13)27-20(25)14-7-5-12(3)19(26-4)18(14)21/h5-9,11,16,22-24H,10H2,1-4H3. The Morgan fingerprint density at radius 2 is 1.96 bits per heavy atom. The molecule has 6 nitrogen and oxygen atoms in total. The average molecular weight is 394 g/mol. The maximum absolute atomic E-state index is 12.4. The van der Waals surface area contributed by atoms with Crippen LogP contribution in [0.25, 0.3) is 0 Å². The molecule has 0 saturated carbocycles. The number of phenolic OH excluding ortho intramolecular Hbond substituents is 1. The number of carbonyl (C=O) groups excluding carboxylic acids is 1. The average Bonchev–Trinajstić information content (AvgIpc) is 2.61. The summed E-state index contributed by atoms with van der Waals surface area (Å²) in [6, 6.07) is 7.85. The summed E-state index contributed by atoms with van der Waals surface area (Å²) in [4.78, 5) is 12.4. The van der Waals surface area contributed by atoms with Crippen molar-refractivity contribution < 1.29 is 24.5 Å². The number of ether oxygens (including phenoxy) is 2. The Morgan fingerprint density at radius 3 is 2.56 bits per heavy atom. The molecule has 0 spiro atoms. The van der Waals surface area contributed by atoms with E-state index < -0.39 is 12.1 Å². The highest BCUT2D eigenvalue weighted by Crippen LogP contribution is 2.34. The fourth-order valence-electron chi connectivity index (χ4n) is 2.51. The number of phenols is 1. The van der Waals surface area contributed by atoms with Crippen molar-refractivity contribution >= 4 is 17.6 Å². The summed E-state index contributed by atoms with van der Waals surface area (Å²) < 4.78 is 10.5. The van der Waals surface area contributed by atoms with Gasteiger partial charge >= 0.3 is 5.97 Å². The van der Waals surface area contributed by atoms with Gasteiger partial charge in [0.25, 0.3) is 0 Å². The van der Waals surface area contributed by atoms with Crippen LogP contribution in [0.1, 0.15) is 41.4 Å². The van der Waals surface area contributed by atoms with Crippen molar-refractivity contribution in [1.82, 2.24) is 5.32 Å². The Bertz CT molecular complexity index is 822. The van der Waals surface area contributed by atoms with Gasteiger partial charge < -0.3 is 25.0 Å². The molecular weight excluding hydrogens is 370 g/mol. The molecule has 3 N–H and O–H groups in total. The molecule has 27 heavy (non-hydrogen) atoms. The lowest BCUT2D eigenvalue weighted by Crippen LogP contribution is -2.27. The maximum Gasteiger partial charge on any atom is 0.345 e. The molecule has 0 fully saturated rings. The number of esters is 1. The fourth-order valence-corrected chi connectivity index (χ4v) is 2.88. The number of benzene rings is 2. The molecule has 0 radical (unpaired) electrons. The molecule has 2 aromatic carbocycles. The van der Waals surface area contributed by atoms with Gasteiger partial charge in [-0.05, 0) is 36.2 Å². The van der Waals surface area contributed by atoms with E-state index in [1.165, 1.54) is 25.3 Å². The quantitative estimate of drug-likeness (QED) is 0.492. The van der Waals surface area contributed by atoms with Crippen LogP contribution in [0.4, 0.5) is 0 Å². The molecular formula is C20H24ClNO5. The van der Waals surface area contributed by atoms with E-state index >= 15 is 0 Å². The second-order valence-electron chi connectivity index (χ2n) is 6.47. The summed E-state index contributed by atoms with van der Waals surface area (Å²) in [7, 11) is 1.47. The van der Waals surface area contributed by atoms with Gasteiger partial charge in [-0.1, -0.05) is 37.6 Å². The lowest BCUT2D eigenvalue weighted by atomic mass is 10.1. The molecule has 146 valence electrons. The molecule has 0 amide bonds. The third-order valence-corrected chi connectivity index (χ3v) is 4.38. The van der Waals surface area contributed by atoms with Crippen LogP contribution < -0.4 is 14.8 Å². The molecule has 0 aliphatic rings. The second kappa shape index (κ2) is 9.08. The number of methoxy groups -OCH3 is 1. The predicted molar refractivity (Wildman–Crippen MR) is 104 cm³/mol. The van der Waals surface area contributed by atoms with Gasteiger partial charge in [-0.25, -0.2) is 4.79 Å². The number of hydrogen-bond donors (Lipinski definition) is 3. The van der Waals surface area contributed by atoms with Crippen molar-refractivity contribution in [3.63, 3.8) is 0 Å². The van der Waals surface area contributed by atoms with Crippen LogP contribution in [0.15, 0.2) is 30.3 Å². The number of rotatable bonds is 7. The minimum Gasteiger partial charge on any atom is -0.504 e.